The Balaban J connectivity index is 0.00000288. The van der Waals surface area contributed by atoms with Gasteiger partial charge >= 0.3 is 0 Å². The minimum Gasteiger partial charge on any atom is -0.476 e. The lowest BCUT2D eigenvalue weighted by molar-refractivity contribution is -0.128. The minimum absolute atomic E-state index is 0. The molecule has 0 heterocycles. The predicted octanol–water partition coefficient (Wildman–Crippen LogP) is 3.13. The first-order chi connectivity index (χ1) is 11.3. The Morgan fingerprint density at radius 2 is 1.71 bits per heavy atom. The quantitative estimate of drug-likeness (QED) is 0.721. The lowest BCUT2D eigenvalue weighted by Gasteiger charge is -2.20. The second-order valence-electron chi connectivity index (χ2n) is 5.26. The number of nitrogens with one attached hydrogen (secondary N) is 2. The second kappa shape index (κ2) is 10.7. The summed E-state index contributed by atoms with van der Waals surface area (Å²) in [5, 5.41) is 5.93. The second-order valence-corrected chi connectivity index (χ2v) is 5.26. The third kappa shape index (κ3) is 5.55. The number of ether oxygens (including phenoxy) is 1. The average molecular weight is 349 g/mol. The van der Waals surface area contributed by atoms with Crippen LogP contribution in [0.2, 0.25) is 0 Å². The molecule has 4 nitrogen and oxygen atoms in total. The molecule has 1 unspecified atom stereocenters. The topological polar surface area (TPSA) is 50.4 Å². The SMILES string of the molecule is CCc1ccccc1OC(C(=O)NCCNC)c1ccccc1.Cl. The Labute approximate surface area is 150 Å². The summed E-state index contributed by atoms with van der Waals surface area (Å²) in [4.78, 5) is 12.6. The summed E-state index contributed by atoms with van der Waals surface area (Å²) in [6.07, 6.45) is 0.208. The fraction of sp³-hybridized carbons (Fsp3) is 0.316. The molecule has 1 amide bonds. The van der Waals surface area contributed by atoms with Crippen LogP contribution in [0.5, 0.6) is 5.75 Å². The van der Waals surface area contributed by atoms with E-state index in [0.29, 0.717) is 6.54 Å². The number of carbonyl (C=O) groups is 1. The van der Waals surface area contributed by atoms with Gasteiger partial charge in [0.2, 0.25) is 6.10 Å². The lowest BCUT2D eigenvalue weighted by Crippen LogP contribution is -2.36. The molecule has 0 saturated carbocycles. The number of hydrogen-bond acceptors (Lipinski definition) is 3. The zero-order valence-corrected chi connectivity index (χ0v) is 14.9. The van der Waals surface area contributed by atoms with Gasteiger partial charge in [0.1, 0.15) is 5.75 Å². The van der Waals surface area contributed by atoms with E-state index in [4.69, 9.17) is 4.74 Å². The molecular weight excluding hydrogens is 324 g/mol. The largest absolute Gasteiger partial charge is 0.476 e. The van der Waals surface area contributed by atoms with Gasteiger partial charge in [-0.2, -0.15) is 0 Å². The summed E-state index contributed by atoms with van der Waals surface area (Å²) < 4.78 is 6.08. The Hall–Kier alpha value is -2.04. The third-order valence-electron chi connectivity index (χ3n) is 3.61. The number of amides is 1. The van der Waals surface area contributed by atoms with Crippen molar-refractivity contribution in [2.45, 2.75) is 19.4 Å². The van der Waals surface area contributed by atoms with E-state index >= 15 is 0 Å². The van der Waals surface area contributed by atoms with Crippen LogP contribution < -0.4 is 15.4 Å². The lowest BCUT2D eigenvalue weighted by atomic mass is 10.1. The van der Waals surface area contributed by atoms with Crippen molar-refractivity contribution in [2.75, 3.05) is 20.1 Å². The molecule has 0 aliphatic heterocycles. The normalized spacial score (nSPS) is 11.2. The highest BCUT2D eigenvalue weighted by atomic mass is 35.5. The molecule has 0 radical (unpaired) electrons. The van der Waals surface area contributed by atoms with Crippen LogP contribution in [0.1, 0.15) is 24.2 Å². The monoisotopic (exact) mass is 348 g/mol. The van der Waals surface area contributed by atoms with Crippen LogP contribution in [-0.2, 0) is 11.2 Å². The maximum Gasteiger partial charge on any atom is 0.265 e. The summed E-state index contributed by atoms with van der Waals surface area (Å²) in [5.41, 5.74) is 1.94. The number of aryl methyl sites for hydroxylation is 1. The van der Waals surface area contributed by atoms with Gasteiger partial charge in [-0.05, 0) is 25.1 Å². The molecule has 2 rings (SSSR count). The molecule has 0 aliphatic carbocycles. The van der Waals surface area contributed by atoms with E-state index in [1.807, 2.05) is 61.6 Å². The summed E-state index contributed by atoms with van der Waals surface area (Å²) in [7, 11) is 1.86. The van der Waals surface area contributed by atoms with Gasteiger partial charge in [0.25, 0.3) is 5.91 Å². The van der Waals surface area contributed by atoms with Gasteiger partial charge in [0.15, 0.2) is 0 Å². The molecule has 0 aliphatic rings. The van der Waals surface area contributed by atoms with Gasteiger partial charge in [-0.15, -0.1) is 12.4 Å². The molecule has 0 saturated heterocycles. The van der Waals surface area contributed by atoms with Crippen molar-refractivity contribution in [2.24, 2.45) is 0 Å². The average Bonchev–Trinajstić information content (AvgIpc) is 2.60. The van der Waals surface area contributed by atoms with Crippen molar-refractivity contribution in [3.8, 4) is 5.75 Å². The van der Waals surface area contributed by atoms with Gasteiger partial charge < -0.3 is 15.4 Å². The van der Waals surface area contributed by atoms with Crippen molar-refractivity contribution in [1.29, 1.82) is 0 Å². The minimum atomic E-state index is -0.652. The van der Waals surface area contributed by atoms with Crippen molar-refractivity contribution in [3.05, 3.63) is 65.7 Å². The zero-order chi connectivity index (χ0) is 16.5. The van der Waals surface area contributed by atoms with Crippen LogP contribution in [0, 0.1) is 0 Å². The summed E-state index contributed by atoms with van der Waals surface area (Å²) in [6, 6.07) is 17.4. The Kier molecular flexibility index (Phi) is 8.90. The van der Waals surface area contributed by atoms with Gasteiger partial charge in [-0.1, -0.05) is 55.5 Å². The number of hydrogen-bond donors (Lipinski definition) is 2. The molecule has 24 heavy (non-hydrogen) atoms. The molecule has 130 valence electrons. The molecule has 0 aromatic heterocycles. The first kappa shape index (κ1) is 20.0. The number of benzene rings is 2. The Bertz CT molecular complexity index is 620. The molecule has 1 atom stereocenters. The van der Waals surface area contributed by atoms with E-state index in [0.717, 1.165) is 29.8 Å². The van der Waals surface area contributed by atoms with Crippen LogP contribution in [0.3, 0.4) is 0 Å². The maximum absolute atomic E-state index is 12.6. The third-order valence-corrected chi connectivity index (χ3v) is 3.61. The van der Waals surface area contributed by atoms with Gasteiger partial charge in [0.05, 0.1) is 0 Å². The summed E-state index contributed by atoms with van der Waals surface area (Å²) in [5.74, 6) is 0.630. The highest BCUT2D eigenvalue weighted by Gasteiger charge is 2.23. The van der Waals surface area contributed by atoms with Crippen LogP contribution >= 0.6 is 12.4 Å². The number of para-hydroxylation sites is 1. The van der Waals surface area contributed by atoms with Crippen LogP contribution in [0.15, 0.2) is 54.6 Å². The number of rotatable bonds is 8. The van der Waals surface area contributed by atoms with Crippen LogP contribution in [0.4, 0.5) is 0 Å². The molecule has 5 heteroatoms. The zero-order valence-electron chi connectivity index (χ0n) is 14.1. The molecule has 2 aromatic rings. The fourth-order valence-electron chi connectivity index (χ4n) is 2.34. The standard InChI is InChI=1S/C19H24N2O2.ClH/c1-3-15-9-7-8-12-17(15)23-18(16-10-5-4-6-11-16)19(22)21-14-13-20-2;/h4-12,18,20H,3,13-14H2,1-2H3,(H,21,22);1H. The van der Waals surface area contributed by atoms with Gasteiger partial charge in [-0.3, -0.25) is 4.79 Å². The highest BCUT2D eigenvalue weighted by Crippen LogP contribution is 2.26. The molecule has 0 bridgehead atoms. The van der Waals surface area contributed by atoms with Crippen molar-refractivity contribution < 1.29 is 9.53 Å². The molecule has 2 N–H and O–H groups in total. The van der Waals surface area contributed by atoms with Gasteiger partial charge in [0, 0.05) is 18.7 Å². The first-order valence-corrected chi connectivity index (χ1v) is 7.98. The van der Waals surface area contributed by atoms with E-state index in [2.05, 4.69) is 17.6 Å². The molecule has 2 aromatic carbocycles. The van der Waals surface area contributed by atoms with E-state index in [-0.39, 0.29) is 18.3 Å². The molecular formula is C19H25ClN2O2. The molecule has 0 fully saturated rings. The predicted molar refractivity (Wildman–Crippen MR) is 99.8 cm³/mol. The molecule has 0 spiro atoms. The van der Waals surface area contributed by atoms with Crippen molar-refractivity contribution in [3.63, 3.8) is 0 Å². The van der Waals surface area contributed by atoms with E-state index in [1.54, 1.807) is 0 Å². The van der Waals surface area contributed by atoms with Crippen LogP contribution in [-0.4, -0.2) is 26.0 Å². The number of likely N-dealkylation sites (N-methyl/N-ethyl adjacent to an activating group) is 1. The number of carbonyl (C=O) groups excluding carboxylic acids is 1. The van der Waals surface area contributed by atoms with Crippen LogP contribution in [0.25, 0.3) is 0 Å². The summed E-state index contributed by atoms with van der Waals surface area (Å²) in [6.45, 7) is 3.36. The summed E-state index contributed by atoms with van der Waals surface area (Å²) >= 11 is 0. The van der Waals surface area contributed by atoms with Gasteiger partial charge in [-0.25, -0.2) is 0 Å². The van der Waals surface area contributed by atoms with E-state index in [9.17, 15) is 4.79 Å². The van der Waals surface area contributed by atoms with E-state index < -0.39 is 6.10 Å². The number of halogens is 1. The van der Waals surface area contributed by atoms with E-state index in [1.165, 1.54) is 0 Å². The Morgan fingerprint density at radius 3 is 2.38 bits per heavy atom. The first-order valence-electron chi connectivity index (χ1n) is 7.98. The Morgan fingerprint density at radius 1 is 1.04 bits per heavy atom. The fourth-order valence-corrected chi connectivity index (χ4v) is 2.34. The highest BCUT2D eigenvalue weighted by molar-refractivity contribution is 5.85. The van der Waals surface area contributed by atoms with Crippen molar-refractivity contribution in [1.82, 2.24) is 10.6 Å². The van der Waals surface area contributed by atoms with Crippen molar-refractivity contribution >= 4 is 18.3 Å². The smallest absolute Gasteiger partial charge is 0.265 e. The maximum atomic E-state index is 12.6.